The average Bonchev–Trinajstić information content (AvgIpc) is 2.92. The Hall–Kier alpha value is -2.15. The quantitative estimate of drug-likeness (QED) is 0.784. The Morgan fingerprint density at radius 1 is 1.26 bits per heavy atom. The van der Waals surface area contributed by atoms with Crippen molar-refractivity contribution in [3.63, 3.8) is 0 Å². The molecule has 1 saturated carbocycles. The van der Waals surface area contributed by atoms with Gasteiger partial charge in [0.1, 0.15) is 5.75 Å². The van der Waals surface area contributed by atoms with E-state index in [-0.39, 0.29) is 5.95 Å². The fourth-order valence-corrected chi connectivity index (χ4v) is 4.18. The molecule has 0 aliphatic heterocycles. The highest BCUT2D eigenvalue weighted by Crippen LogP contribution is 2.28. The van der Waals surface area contributed by atoms with Crippen molar-refractivity contribution < 1.29 is 4.74 Å². The number of fused-ring (bicyclic) bond motifs is 3. The molecular weight excluding hydrogens is 310 g/mol. The van der Waals surface area contributed by atoms with E-state index in [1.165, 1.54) is 19.3 Å². The summed E-state index contributed by atoms with van der Waals surface area (Å²) in [5.41, 5.74) is 7.60. The van der Waals surface area contributed by atoms with Gasteiger partial charge in [-0.15, -0.1) is 0 Å². The molecule has 0 bridgehead atoms. The van der Waals surface area contributed by atoms with Crippen molar-refractivity contribution >= 4 is 32.5 Å². The predicted molar refractivity (Wildman–Crippen MR) is 91.8 cm³/mol. The van der Waals surface area contributed by atoms with Crippen molar-refractivity contribution in [1.82, 2.24) is 14.4 Å². The van der Waals surface area contributed by atoms with Gasteiger partial charge < -0.3 is 10.5 Å². The van der Waals surface area contributed by atoms with Gasteiger partial charge in [0.2, 0.25) is 16.5 Å². The summed E-state index contributed by atoms with van der Waals surface area (Å²) >= 11 is 1.57. The number of rotatable bonds is 2. The summed E-state index contributed by atoms with van der Waals surface area (Å²) in [6, 6.07) is 6.32. The van der Waals surface area contributed by atoms with Gasteiger partial charge in [0.25, 0.3) is 0 Å². The summed E-state index contributed by atoms with van der Waals surface area (Å²) < 4.78 is 8.40. The van der Waals surface area contributed by atoms with Crippen LogP contribution in [0, 0.1) is 0 Å². The zero-order valence-corrected chi connectivity index (χ0v) is 13.8. The molecule has 0 unspecified atom stereocenters. The summed E-state index contributed by atoms with van der Waals surface area (Å²) in [7, 11) is 1.67. The fourth-order valence-electron chi connectivity index (χ4n) is 3.14. The normalized spacial score (nSPS) is 17.2. The van der Waals surface area contributed by atoms with Crippen LogP contribution in [0.1, 0.15) is 32.1 Å². The Balaban J connectivity index is 1.96. The number of benzene rings is 1. The maximum absolute atomic E-state index is 5.89. The largest absolute Gasteiger partial charge is 0.497 e. The van der Waals surface area contributed by atoms with Gasteiger partial charge >= 0.3 is 0 Å². The molecule has 23 heavy (non-hydrogen) atoms. The molecule has 7 heteroatoms. The Bertz CT molecular complexity index is 923. The minimum absolute atomic E-state index is 0.276. The summed E-state index contributed by atoms with van der Waals surface area (Å²) in [5, 5.41) is 0. The van der Waals surface area contributed by atoms with Crippen molar-refractivity contribution in [2.24, 2.45) is 4.99 Å². The van der Waals surface area contributed by atoms with Crippen LogP contribution in [0.3, 0.4) is 0 Å². The molecule has 1 aliphatic carbocycles. The first-order valence-electron chi connectivity index (χ1n) is 7.91. The monoisotopic (exact) mass is 329 g/mol. The van der Waals surface area contributed by atoms with Crippen LogP contribution >= 0.6 is 11.3 Å². The molecule has 4 rings (SSSR count). The number of hydrogen-bond acceptors (Lipinski definition) is 6. The van der Waals surface area contributed by atoms with E-state index >= 15 is 0 Å². The van der Waals surface area contributed by atoms with Crippen LogP contribution in [0.15, 0.2) is 23.2 Å². The Kier molecular flexibility index (Phi) is 3.65. The number of anilines is 1. The lowest BCUT2D eigenvalue weighted by molar-refractivity contribution is 0.415. The summed E-state index contributed by atoms with van der Waals surface area (Å²) in [6.45, 7) is 0. The first kappa shape index (κ1) is 14.4. The highest BCUT2D eigenvalue weighted by Gasteiger charge is 2.14. The maximum atomic E-state index is 5.89. The van der Waals surface area contributed by atoms with Gasteiger partial charge in [0.05, 0.1) is 23.4 Å². The van der Waals surface area contributed by atoms with Gasteiger partial charge in [-0.05, 0) is 31.0 Å². The molecule has 0 radical (unpaired) electrons. The number of methoxy groups -OCH3 is 1. The van der Waals surface area contributed by atoms with E-state index in [1.807, 2.05) is 22.6 Å². The second kappa shape index (κ2) is 5.81. The molecule has 2 N–H and O–H groups in total. The van der Waals surface area contributed by atoms with E-state index in [0.717, 1.165) is 33.8 Å². The lowest BCUT2D eigenvalue weighted by Crippen LogP contribution is -2.25. The highest BCUT2D eigenvalue weighted by atomic mass is 32.1. The van der Waals surface area contributed by atoms with E-state index in [4.69, 9.17) is 15.5 Å². The minimum Gasteiger partial charge on any atom is -0.497 e. The zero-order chi connectivity index (χ0) is 15.8. The second-order valence-electron chi connectivity index (χ2n) is 5.86. The third-order valence-corrected chi connectivity index (χ3v) is 5.30. The lowest BCUT2D eigenvalue weighted by Gasteiger charge is -2.16. The molecule has 1 aliphatic rings. The molecule has 3 aromatic rings. The highest BCUT2D eigenvalue weighted by molar-refractivity contribution is 7.23. The van der Waals surface area contributed by atoms with Gasteiger partial charge in [0.15, 0.2) is 0 Å². The third kappa shape index (κ3) is 2.65. The number of nitrogen functional groups attached to an aromatic ring is 1. The molecule has 0 spiro atoms. The number of hydrogen-bond donors (Lipinski definition) is 1. The van der Waals surface area contributed by atoms with Crippen LogP contribution in [0.2, 0.25) is 0 Å². The summed E-state index contributed by atoms with van der Waals surface area (Å²) in [5.74, 6) is 1.11. The molecular formula is C16H19N5OS. The van der Waals surface area contributed by atoms with Crippen LogP contribution in [0.5, 0.6) is 5.75 Å². The number of nitrogens with zero attached hydrogens (tertiary/aromatic N) is 4. The Morgan fingerprint density at radius 2 is 2.09 bits per heavy atom. The molecule has 0 saturated heterocycles. The van der Waals surface area contributed by atoms with Crippen molar-refractivity contribution in [2.75, 3.05) is 12.8 Å². The molecule has 0 amide bonds. The first-order chi connectivity index (χ1) is 11.2. The third-order valence-electron chi connectivity index (χ3n) is 4.30. The Labute approximate surface area is 137 Å². The molecule has 6 nitrogen and oxygen atoms in total. The molecule has 0 atom stereocenters. The predicted octanol–water partition coefficient (Wildman–Crippen LogP) is 2.77. The average molecular weight is 329 g/mol. The second-order valence-corrected chi connectivity index (χ2v) is 6.87. The number of thiazole rings is 1. The lowest BCUT2D eigenvalue weighted by atomic mass is 9.96. The van der Waals surface area contributed by atoms with Gasteiger partial charge in [-0.2, -0.15) is 9.97 Å². The summed E-state index contributed by atoms with van der Waals surface area (Å²) in [4.78, 5) is 14.5. The van der Waals surface area contributed by atoms with Crippen molar-refractivity contribution in [2.45, 2.75) is 38.1 Å². The topological polar surface area (TPSA) is 77.8 Å². The van der Waals surface area contributed by atoms with Gasteiger partial charge in [-0.3, -0.25) is 4.40 Å². The Morgan fingerprint density at radius 3 is 2.87 bits per heavy atom. The van der Waals surface area contributed by atoms with Crippen molar-refractivity contribution in [1.29, 1.82) is 0 Å². The van der Waals surface area contributed by atoms with Crippen molar-refractivity contribution in [3.8, 4) is 5.75 Å². The number of ether oxygens (including phenoxy) is 1. The first-order valence-corrected chi connectivity index (χ1v) is 8.73. The van der Waals surface area contributed by atoms with Crippen LogP contribution in [0.25, 0.3) is 15.2 Å². The van der Waals surface area contributed by atoms with E-state index in [9.17, 15) is 0 Å². The molecule has 1 aromatic carbocycles. The van der Waals surface area contributed by atoms with Crippen LogP contribution in [-0.4, -0.2) is 27.5 Å². The SMILES string of the molecule is COc1ccc2c(c1)sc1nc(N)n/c(=N\C3CCCCC3)n12. The van der Waals surface area contributed by atoms with E-state index < -0.39 is 0 Å². The zero-order valence-electron chi connectivity index (χ0n) is 13.0. The minimum atomic E-state index is 0.276. The molecule has 120 valence electrons. The smallest absolute Gasteiger partial charge is 0.235 e. The standard InChI is InChI=1S/C16H19N5OS/c1-22-11-7-8-12-13(9-11)23-16-20-14(17)19-15(21(12)16)18-10-5-3-2-4-6-10/h7-10H,2-6H2,1H3,(H2,17,18,19). The van der Waals surface area contributed by atoms with Gasteiger partial charge in [-0.1, -0.05) is 30.6 Å². The fraction of sp³-hybridized carbons (Fsp3) is 0.438. The number of aromatic nitrogens is 3. The van der Waals surface area contributed by atoms with Crippen LogP contribution in [-0.2, 0) is 0 Å². The maximum Gasteiger partial charge on any atom is 0.235 e. The molecule has 2 heterocycles. The van der Waals surface area contributed by atoms with Crippen LogP contribution < -0.4 is 16.1 Å². The summed E-state index contributed by atoms with van der Waals surface area (Å²) in [6.07, 6.45) is 6.04. The van der Waals surface area contributed by atoms with Crippen molar-refractivity contribution in [3.05, 3.63) is 23.8 Å². The van der Waals surface area contributed by atoms with Crippen LogP contribution in [0.4, 0.5) is 5.95 Å². The van der Waals surface area contributed by atoms with E-state index in [2.05, 4.69) is 9.97 Å². The number of nitrogens with two attached hydrogens (primary N) is 1. The molecule has 1 fully saturated rings. The van der Waals surface area contributed by atoms with E-state index in [1.54, 1.807) is 18.4 Å². The van der Waals surface area contributed by atoms with Gasteiger partial charge in [-0.25, -0.2) is 4.99 Å². The van der Waals surface area contributed by atoms with Gasteiger partial charge in [0, 0.05) is 0 Å². The van der Waals surface area contributed by atoms with E-state index in [0.29, 0.717) is 11.7 Å². The molecule has 2 aromatic heterocycles.